The van der Waals surface area contributed by atoms with Gasteiger partial charge in [0.1, 0.15) is 5.82 Å². The SMILES string of the molecule is CCCCC(CC)C(Cl)c1c(C)cc(F)cc1C. The van der Waals surface area contributed by atoms with Crippen molar-refractivity contribution in [3.05, 3.63) is 34.6 Å². The van der Waals surface area contributed by atoms with Crippen molar-refractivity contribution in [1.29, 1.82) is 0 Å². The molecule has 1 rings (SSSR count). The highest BCUT2D eigenvalue weighted by Gasteiger charge is 2.22. The van der Waals surface area contributed by atoms with Crippen molar-refractivity contribution in [2.45, 2.75) is 58.8 Å². The summed E-state index contributed by atoms with van der Waals surface area (Å²) in [6, 6.07) is 3.18. The zero-order valence-corrected chi connectivity index (χ0v) is 12.6. The highest BCUT2D eigenvalue weighted by atomic mass is 35.5. The fourth-order valence-corrected chi connectivity index (χ4v) is 3.26. The van der Waals surface area contributed by atoms with Gasteiger partial charge in [-0.25, -0.2) is 4.39 Å². The van der Waals surface area contributed by atoms with E-state index in [-0.39, 0.29) is 11.2 Å². The lowest BCUT2D eigenvalue weighted by Crippen LogP contribution is -2.10. The Hall–Kier alpha value is -0.560. The van der Waals surface area contributed by atoms with E-state index < -0.39 is 0 Å². The van der Waals surface area contributed by atoms with E-state index in [4.69, 9.17) is 11.6 Å². The molecule has 102 valence electrons. The molecule has 1 aromatic rings. The number of rotatable bonds is 6. The second-order valence-corrected chi connectivity index (χ2v) is 5.64. The molecule has 0 spiro atoms. The van der Waals surface area contributed by atoms with E-state index in [9.17, 15) is 4.39 Å². The maximum Gasteiger partial charge on any atom is 0.123 e. The Kier molecular flexibility index (Phi) is 6.14. The third kappa shape index (κ3) is 3.71. The summed E-state index contributed by atoms with van der Waals surface area (Å²) in [5.41, 5.74) is 3.07. The van der Waals surface area contributed by atoms with E-state index in [2.05, 4.69) is 13.8 Å². The monoisotopic (exact) mass is 270 g/mol. The van der Waals surface area contributed by atoms with Gasteiger partial charge in [-0.2, -0.15) is 0 Å². The van der Waals surface area contributed by atoms with Crippen LogP contribution < -0.4 is 0 Å². The van der Waals surface area contributed by atoms with Crippen molar-refractivity contribution in [1.82, 2.24) is 0 Å². The Balaban J connectivity index is 2.97. The van der Waals surface area contributed by atoms with Crippen LogP contribution in [-0.4, -0.2) is 0 Å². The normalized spacial score (nSPS) is 14.6. The summed E-state index contributed by atoms with van der Waals surface area (Å²) in [6.45, 7) is 8.29. The molecule has 18 heavy (non-hydrogen) atoms. The van der Waals surface area contributed by atoms with Gasteiger partial charge in [0.05, 0.1) is 5.38 Å². The molecular weight excluding hydrogens is 247 g/mol. The summed E-state index contributed by atoms with van der Waals surface area (Å²) in [4.78, 5) is 0. The lowest BCUT2D eigenvalue weighted by atomic mass is 9.87. The molecule has 0 heterocycles. The van der Waals surface area contributed by atoms with Gasteiger partial charge >= 0.3 is 0 Å². The highest BCUT2D eigenvalue weighted by molar-refractivity contribution is 6.21. The van der Waals surface area contributed by atoms with Crippen LogP contribution in [0.4, 0.5) is 4.39 Å². The summed E-state index contributed by atoms with van der Waals surface area (Å²) in [5.74, 6) is 0.314. The van der Waals surface area contributed by atoms with Crippen LogP contribution in [0.2, 0.25) is 0 Å². The Morgan fingerprint density at radius 1 is 1.17 bits per heavy atom. The molecule has 0 aliphatic rings. The zero-order chi connectivity index (χ0) is 13.7. The third-order valence-corrected chi connectivity index (χ3v) is 4.28. The van der Waals surface area contributed by atoms with Crippen LogP contribution >= 0.6 is 11.6 Å². The van der Waals surface area contributed by atoms with Crippen LogP contribution in [0.15, 0.2) is 12.1 Å². The minimum absolute atomic E-state index is 0.00199. The second kappa shape index (κ2) is 7.13. The predicted octanol–water partition coefficient (Wildman–Crippen LogP) is 5.94. The Bertz CT molecular complexity index is 364. The Labute approximate surface area is 116 Å². The number of alkyl halides is 1. The van der Waals surface area contributed by atoms with E-state index in [1.165, 1.54) is 12.8 Å². The molecular formula is C16H24ClF. The molecule has 0 aromatic heterocycles. The minimum atomic E-state index is -0.167. The molecule has 0 saturated heterocycles. The van der Waals surface area contributed by atoms with Crippen LogP contribution in [0.1, 0.15) is 61.6 Å². The molecule has 0 nitrogen and oxygen atoms in total. The van der Waals surface area contributed by atoms with Crippen molar-refractivity contribution >= 4 is 11.6 Å². The first-order valence-electron chi connectivity index (χ1n) is 6.91. The van der Waals surface area contributed by atoms with Crippen molar-refractivity contribution in [3.8, 4) is 0 Å². The third-order valence-electron chi connectivity index (χ3n) is 3.70. The fraction of sp³-hybridized carbons (Fsp3) is 0.625. The molecule has 2 unspecified atom stereocenters. The van der Waals surface area contributed by atoms with Gasteiger partial charge in [0.15, 0.2) is 0 Å². The summed E-state index contributed by atoms with van der Waals surface area (Å²) >= 11 is 6.65. The van der Waals surface area contributed by atoms with Gasteiger partial charge in [0.25, 0.3) is 0 Å². The number of hydrogen-bond acceptors (Lipinski definition) is 0. The van der Waals surface area contributed by atoms with Gasteiger partial charge in [0.2, 0.25) is 0 Å². The largest absolute Gasteiger partial charge is 0.207 e. The fourth-order valence-electron chi connectivity index (χ4n) is 2.62. The first-order chi connectivity index (χ1) is 8.51. The summed E-state index contributed by atoms with van der Waals surface area (Å²) in [6.07, 6.45) is 4.63. The van der Waals surface area contributed by atoms with Crippen LogP contribution in [-0.2, 0) is 0 Å². The standard InChI is InChI=1S/C16H24ClF/c1-5-7-8-13(6-2)16(17)15-11(3)9-14(18)10-12(15)4/h9-10,13,16H,5-8H2,1-4H3. The molecule has 0 fully saturated rings. The number of aryl methyl sites for hydroxylation is 2. The van der Waals surface area contributed by atoms with E-state index in [0.29, 0.717) is 5.92 Å². The van der Waals surface area contributed by atoms with Crippen LogP contribution in [0.5, 0.6) is 0 Å². The average Bonchev–Trinajstić information content (AvgIpc) is 2.28. The summed E-state index contributed by atoms with van der Waals surface area (Å²) in [5, 5.41) is 0.00199. The predicted molar refractivity (Wildman–Crippen MR) is 77.8 cm³/mol. The van der Waals surface area contributed by atoms with E-state index in [0.717, 1.165) is 29.5 Å². The first kappa shape index (κ1) is 15.5. The molecule has 0 aliphatic carbocycles. The van der Waals surface area contributed by atoms with Gasteiger partial charge in [-0.3, -0.25) is 0 Å². The van der Waals surface area contributed by atoms with Crippen molar-refractivity contribution in [2.24, 2.45) is 5.92 Å². The molecule has 0 aliphatic heterocycles. The maximum atomic E-state index is 13.3. The van der Waals surface area contributed by atoms with E-state index in [1.807, 2.05) is 13.8 Å². The van der Waals surface area contributed by atoms with E-state index >= 15 is 0 Å². The Morgan fingerprint density at radius 2 is 1.72 bits per heavy atom. The van der Waals surface area contributed by atoms with Gasteiger partial charge in [-0.05, 0) is 55.0 Å². The zero-order valence-electron chi connectivity index (χ0n) is 11.9. The average molecular weight is 271 g/mol. The van der Waals surface area contributed by atoms with Gasteiger partial charge in [0, 0.05) is 0 Å². The topological polar surface area (TPSA) is 0 Å². The van der Waals surface area contributed by atoms with Gasteiger partial charge in [-0.1, -0.05) is 33.1 Å². The summed E-state index contributed by atoms with van der Waals surface area (Å²) in [7, 11) is 0. The van der Waals surface area contributed by atoms with Crippen molar-refractivity contribution in [3.63, 3.8) is 0 Å². The number of hydrogen-bond donors (Lipinski definition) is 0. The van der Waals surface area contributed by atoms with Gasteiger partial charge in [-0.15, -0.1) is 11.6 Å². The van der Waals surface area contributed by atoms with Crippen molar-refractivity contribution in [2.75, 3.05) is 0 Å². The molecule has 2 heteroatoms. The highest BCUT2D eigenvalue weighted by Crippen LogP contribution is 2.38. The molecule has 0 amide bonds. The second-order valence-electron chi connectivity index (χ2n) is 5.17. The molecule has 0 saturated carbocycles. The van der Waals surface area contributed by atoms with Crippen LogP contribution in [0.25, 0.3) is 0 Å². The number of halogens is 2. The molecule has 0 radical (unpaired) electrons. The molecule has 0 N–H and O–H groups in total. The Morgan fingerprint density at radius 3 is 2.17 bits per heavy atom. The molecule has 1 aromatic carbocycles. The minimum Gasteiger partial charge on any atom is -0.207 e. The van der Waals surface area contributed by atoms with Crippen LogP contribution in [0, 0.1) is 25.6 Å². The maximum absolute atomic E-state index is 13.3. The summed E-state index contributed by atoms with van der Waals surface area (Å²) < 4.78 is 13.3. The first-order valence-corrected chi connectivity index (χ1v) is 7.35. The van der Waals surface area contributed by atoms with Crippen LogP contribution in [0.3, 0.4) is 0 Å². The molecule has 0 bridgehead atoms. The lowest BCUT2D eigenvalue weighted by Gasteiger charge is -2.24. The van der Waals surface area contributed by atoms with Gasteiger partial charge < -0.3 is 0 Å². The van der Waals surface area contributed by atoms with E-state index in [1.54, 1.807) is 12.1 Å². The molecule has 2 atom stereocenters. The number of benzene rings is 1. The quantitative estimate of drug-likeness (QED) is 0.561. The smallest absolute Gasteiger partial charge is 0.123 e. The van der Waals surface area contributed by atoms with Crippen molar-refractivity contribution < 1.29 is 4.39 Å². The number of unbranched alkanes of at least 4 members (excludes halogenated alkanes) is 1. The lowest BCUT2D eigenvalue weighted by molar-refractivity contribution is 0.435.